The predicted octanol–water partition coefficient (Wildman–Crippen LogP) is -2.89. The van der Waals surface area contributed by atoms with Crippen molar-refractivity contribution in [2.24, 2.45) is 0 Å². The van der Waals surface area contributed by atoms with Gasteiger partial charge in [0.1, 0.15) is 12.2 Å². The molecule has 0 aromatic heterocycles. The quantitative estimate of drug-likeness (QED) is 0.295. The molecule has 0 saturated heterocycles. The van der Waals surface area contributed by atoms with E-state index in [9.17, 15) is 9.59 Å². The summed E-state index contributed by atoms with van der Waals surface area (Å²) in [7, 11) is 0. The Kier molecular flexibility index (Phi) is 5.24. The summed E-state index contributed by atoms with van der Waals surface area (Å²) in [5.41, 5.74) is 0. The number of hydrogen-bond donors (Lipinski definition) is 5. The maximum atomic E-state index is 10.6. The number of carbonyl (C=O) groups is 2. The van der Waals surface area contributed by atoms with E-state index in [-0.39, 0.29) is 0 Å². The lowest BCUT2D eigenvalue weighted by molar-refractivity contribution is -0.151. The van der Waals surface area contributed by atoms with Gasteiger partial charge in [-0.15, -0.1) is 0 Å². The van der Waals surface area contributed by atoms with E-state index in [4.69, 9.17) is 25.5 Å². The zero-order chi connectivity index (χ0) is 11.3. The van der Waals surface area contributed by atoms with E-state index in [0.717, 1.165) is 0 Å². The van der Waals surface area contributed by atoms with E-state index >= 15 is 0 Å². The van der Waals surface area contributed by atoms with Gasteiger partial charge in [0.25, 0.3) is 0 Å². The monoisotopic (exact) mass is 208 g/mol. The highest BCUT2D eigenvalue weighted by Gasteiger charge is 2.27. The molecule has 0 spiro atoms. The van der Waals surface area contributed by atoms with Crippen LogP contribution in [0, 0.1) is 0 Å². The van der Waals surface area contributed by atoms with Crippen LogP contribution in [0.1, 0.15) is 6.42 Å². The Labute approximate surface area is 79.2 Å². The molecule has 0 aliphatic rings. The first kappa shape index (κ1) is 13.0. The molecule has 0 bridgehead atoms. The van der Waals surface area contributed by atoms with Crippen molar-refractivity contribution in [1.29, 1.82) is 0 Å². The molecular weight excluding hydrogens is 196 g/mol. The first-order valence-electron chi connectivity index (χ1n) is 3.81. The van der Waals surface area contributed by atoms with Crippen LogP contribution in [0.25, 0.3) is 0 Å². The molecular formula is C7H12O7. The SMILES string of the molecule is O=C(O)C(=O)CC(O)C(O)C(O)CO. The summed E-state index contributed by atoms with van der Waals surface area (Å²) in [6.07, 6.45) is -5.87. The smallest absolute Gasteiger partial charge is 0.372 e. The van der Waals surface area contributed by atoms with Crippen LogP contribution in [-0.2, 0) is 9.59 Å². The van der Waals surface area contributed by atoms with E-state index in [0.29, 0.717) is 0 Å². The highest BCUT2D eigenvalue weighted by molar-refractivity contribution is 6.32. The molecule has 0 aliphatic heterocycles. The van der Waals surface area contributed by atoms with Crippen LogP contribution in [0.4, 0.5) is 0 Å². The molecule has 7 heteroatoms. The Morgan fingerprint density at radius 3 is 1.93 bits per heavy atom. The normalized spacial score (nSPS) is 17.1. The predicted molar refractivity (Wildman–Crippen MR) is 42.4 cm³/mol. The number of hydrogen-bond acceptors (Lipinski definition) is 6. The summed E-state index contributed by atoms with van der Waals surface area (Å²) in [5.74, 6) is -3.00. The van der Waals surface area contributed by atoms with Crippen molar-refractivity contribution < 1.29 is 35.1 Å². The standard InChI is InChI=1S/C7H12O7/c8-2-5(11)6(12)3(9)1-4(10)7(13)14/h3,5-6,8-9,11-12H,1-2H2,(H,13,14). The molecule has 3 unspecified atom stereocenters. The minimum atomic E-state index is -1.75. The molecule has 7 nitrogen and oxygen atoms in total. The molecule has 0 fully saturated rings. The fourth-order valence-corrected chi connectivity index (χ4v) is 0.762. The second kappa shape index (κ2) is 5.66. The van der Waals surface area contributed by atoms with Crippen molar-refractivity contribution in [2.45, 2.75) is 24.7 Å². The molecule has 0 saturated carbocycles. The van der Waals surface area contributed by atoms with E-state index in [1.807, 2.05) is 0 Å². The summed E-state index contributed by atoms with van der Waals surface area (Å²) in [6, 6.07) is 0. The zero-order valence-electron chi connectivity index (χ0n) is 7.20. The molecule has 0 radical (unpaired) electrons. The van der Waals surface area contributed by atoms with Crippen molar-refractivity contribution >= 4 is 11.8 Å². The van der Waals surface area contributed by atoms with Crippen LogP contribution >= 0.6 is 0 Å². The second-order valence-corrected chi connectivity index (χ2v) is 2.74. The maximum Gasteiger partial charge on any atom is 0.372 e. The molecule has 5 N–H and O–H groups in total. The Bertz CT molecular complexity index is 214. The summed E-state index contributed by atoms with van der Waals surface area (Å²) in [5, 5.41) is 43.4. The van der Waals surface area contributed by atoms with Gasteiger partial charge < -0.3 is 25.5 Å². The highest BCUT2D eigenvalue weighted by Crippen LogP contribution is 2.04. The molecule has 0 rings (SSSR count). The number of ketones is 1. The number of Topliss-reactive ketones (excluding diaryl/α,β-unsaturated/α-hetero) is 1. The largest absolute Gasteiger partial charge is 0.475 e. The van der Waals surface area contributed by atoms with E-state index in [2.05, 4.69) is 0 Å². The van der Waals surface area contributed by atoms with Gasteiger partial charge in [0.05, 0.1) is 12.7 Å². The maximum absolute atomic E-state index is 10.6. The Morgan fingerprint density at radius 2 is 1.57 bits per heavy atom. The fraction of sp³-hybridized carbons (Fsp3) is 0.714. The number of aliphatic carboxylic acids is 1. The van der Waals surface area contributed by atoms with Crippen LogP contribution in [0.2, 0.25) is 0 Å². The van der Waals surface area contributed by atoms with Gasteiger partial charge in [-0.25, -0.2) is 4.79 Å². The number of carboxylic acid groups (broad SMARTS) is 1. The lowest BCUT2D eigenvalue weighted by Crippen LogP contribution is -2.41. The van der Waals surface area contributed by atoms with Gasteiger partial charge in [0.15, 0.2) is 0 Å². The molecule has 0 heterocycles. The molecule has 14 heavy (non-hydrogen) atoms. The van der Waals surface area contributed by atoms with Gasteiger partial charge in [-0.2, -0.15) is 0 Å². The third-order valence-corrected chi connectivity index (χ3v) is 1.61. The third kappa shape index (κ3) is 3.79. The van der Waals surface area contributed by atoms with Crippen LogP contribution in [0.3, 0.4) is 0 Å². The molecule has 3 atom stereocenters. The van der Waals surface area contributed by atoms with Gasteiger partial charge in [0, 0.05) is 6.42 Å². The minimum absolute atomic E-state index is 0.792. The van der Waals surface area contributed by atoms with Crippen molar-refractivity contribution in [2.75, 3.05) is 6.61 Å². The van der Waals surface area contributed by atoms with Crippen molar-refractivity contribution in [3.05, 3.63) is 0 Å². The first-order chi connectivity index (χ1) is 6.40. The van der Waals surface area contributed by atoms with Gasteiger partial charge in [0.2, 0.25) is 5.78 Å². The summed E-state index contributed by atoms with van der Waals surface area (Å²) < 4.78 is 0. The number of aliphatic hydroxyl groups excluding tert-OH is 4. The lowest BCUT2D eigenvalue weighted by atomic mass is 10.0. The summed E-state index contributed by atoms with van der Waals surface area (Å²) in [4.78, 5) is 20.6. The number of aliphatic hydroxyl groups is 4. The lowest BCUT2D eigenvalue weighted by Gasteiger charge is -2.20. The second-order valence-electron chi connectivity index (χ2n) is 2.74. The van der Waals surface area contributed by atoms with Crippen molar-refractivity contribution in [3.8, 4) is 0 Å². The van der Waals surface area contributed by atoms with Crippen LogP contribution in [0.5, 0.6) is 0 Å². The Balaban J connectivity index is 4.13. The molecule has 0 aromatic carbocycles. The average molecular weight is 208 g/mol. The van der Waals surface area contributed by atoms with Crippen LogP contribution in [-0.4, -0.2) is 62.2 Å². The Morgan fingerprint density at radius 1 is 1.07 bits per heavy atom. The Hall–Kier alpha value is -1.02. The zero-order valence-corrected chi connectivity index (χ0v) is 7.20. The number of rotatable bonds is 6. The van der Waals surface area contributed by atoms with Gasteiger partial charge in [-0.3, -0.25) is 4.79 Å². The van der Waals surface area contributed by atoms with Gasteiger partial charge >= 0.3 is 5.97 Å². The molecule has 0 aromatic rings. The summed E-state index contributed by atoms with van der Waals surface area (Å²) >= 11 is 0. The minimum Gasteiger partial charge on any atom is -0.475 e. The van der Waals surface area contributed by atoms with E-state index in [1.165, 1.54) is 0 Å². The van der Waals surface area contributed by atoms with Crippen molar-refractivity contribution in [3.63, 3.8) is 0 Å². The molecule has 82 valence electrons. The topological polar surface area (TPSA) is 135 Å². The third-order valence-electron chi connectivity index (χ3n) is 1.61. The fourth-order valence-electron chi connectivity index (χ4n) is 0.762. The van der Waals surface area contributed by atoms with Gasteiger partial charge in [-0.1, -0.05) is 0 Å². The molecule has 0 amide bonds. The highest BCUT2D eigenvalue weighted by atomic mass is 16.4. The summed E-state index contributed by atoms with van der Waals surface area (Å²) in [6.45, 7) is -0.792. The number of carboxylic acids is 1. The van der Waals surface area contributed by atoms with E-state index < -0.39 is 43.1 Å². The van der Waals surface area contributed by atoms with E-state index in [1.54, 1.807) is 0 Å². The van der Waals surface area contributed by atoms with Crippen LogP contribution < -0.4 is 0 Å². The van der Waals surface area contributed by atoms with Crippen molar-refractivity contribution in [1.82, 2.24) is 0 Å². The molecule has 0 aliphatic carbocycles. The van der Waals surface area contributed by atoms with Crippen LogP contribution in [0.15, 0.2) is 0 Å². The number of carbonyl (C=O) groups excluding carboxylic acids is 1. The van der Waals surface area contributed by atoms with Gasteiger partial charge in [-0.05, 0) is 0 Å². The average Bonchev–Trinajstić information content (AvgIpc) is 2.14. The first-order valence-corrected chi connectivity index (χ1v) is 3.81.